The monoisotopic (exact) mass is 427 g/mol. The largest absolute Gasteiger partial charge is 0.457 e. The SMILES string of the molecule is O=C1N[C@H]2CCN(C(=O)c3ccccc3)[C@@H]2C(=O)N1c1ccc(Oc2ccccc2)cc1. The first-order valence-electron chi connectivity index (χ1n) is 10.5. The maximum atomic E-state index is 13.4. The summed E-state index contributed by atoms with van der Waals surface area (Å²) >= 11 is 0. The molecule has 2 heterocycles. The van der Waals surface area contributed by atoms with Crippen LogP contribution < -0.4 is 15.0 Å². The van der Waals surface area contributed by atoms with E-state index in [4.69, 9.17) is 4.74 Å². The van der Waals surface area contributed by atoms with Crippen molar-refractivity contribution in [1.82, 2.24) is 10.2 Å². The zero-order valence-corrected chi connectivity index (χ0v) is 17.2. The molecule has 32 heavy (non-hydrogen) atoms. The van der Waals surface area contributed by atoms with Crippen molar-refractivity contribution in [2.75, 3.05) is 11.4 Å². The van der Waals surface area contributed by atoms with Gasteiger partial charge in [-0.15, -0.1) is 0 Å². The second-order valence-corrected chi connectivity index (χ2v) is 7.74. The lowest BCUT2D eigenvalue weighted by molar-refractivity contribution is -0.122. The highest BCUT2D eigenvalue weighted by Crippen LogP contribution is 2.30. The second-order valence-electron chi connectivity index (χ2n) is 7.74. The lowest BCUT2D eigenvalue weighted by atomic mass is 10.0. The summed E-state index contributed by atoms with van der Waals surface area (Å²) in [4.78, 5) is 41.8. The molecule has 2 atom stereocenters. The number of benzene rings is 3. The third-order valence-electron chi connectivity index (χ3n) is 5.74. The summed E-state index contributed by atoms with van der Waals surface area (Å²) in [7, 11) is 0. The lowest BCUT2D eigenvalue weighted by Gasteiger charge is -2.36. The van der Waals surface area contributed by atoms with Gasteiger partial charge in [-0.25, -0.2) is 9.69 Å². The van der Waals surface area contributed by atoms with Crippen LogP contribution in [0.25, 0.3) is 0 Å². The van der Waals surface area contributed by atoms with Gasteiger partial charge in [-0.3, -0.25) is 9.59 Å². The van der Waals surface area contributed by atoms with Gasteiger partial charge in [0.1, 0.15) is 17.5 Å². The molecule has 0 saturated carbocycles. The summed E-state index contributed by atoms with van der Waals surface area (Å²) in [6, 6.07) is 23.3. The average molecular weight is 427 g/mol. The van der Waals surface area contributed by atoms with Crippen LogP contribution >= 0.6 is 0 Å². The van der Waals surface area contributed by atoms with Crippen molar-refractivity contribution in [3.63, 3.8) is 0 Å². The first-order valence-corrected chi connectivity index (χ1v) is 10.5. The molecule has 2 fully saturated rings. The van der Waals surface area contributed by atoms with Crippen LogP contribution in [-0.4, -0.2) is 41.4 Å². The highest BCUT2D eigenvalue weighted by atomic mass is 16.5. The summed E-state index contributed by atoms with van der Waals surface area (Å²) in [6.07, 6.45) is 0.540. The van der Waals surface area contributed by atoms with Gasteiger partial charge in [0, 0.05) is 12.1 Å². The van der Waals surface area contributed by atoms with Gasteiger partial charge in [0.25, 0.3) is 11.8 Å². The Labute approximate surface area is 185 Å². The average Bonchev–Trinajstić information content (AvgIpc) is 3.25. The van der Waals surface area contributed by atoms with Crippen LogP contribution in [0.15, 0.2) is 84.9 Å². The minimum atomic E-state index is -0.736. The van der Waals surface area contributed by atoms with Crippen LogP contribution in [-0.2, 0) is 4.79 Å². The topological polar surface area (TPSA) is 79.0 Å². The fraction of sp³-hybridized carbons (Fsp3) is 0.160. The molecule has 0 bridgehead atoms. The van der Waals surface area contributed by atoms with E-state index in [2.05, 4.69) is 5.32 Å². The third kappa shape index (κ3) is 3.58. The van der Waals surface area contributed by atoms with E-state index in [1.807, 2.05) is 36.4 Å². The van der Waals surface area contributed by atoms with Crippen molar-refractivity contribution in [3.05, 3.63) is 90.5 Å². The van der Waals surface area contributed by atoms with Crippen LogP contribution in [0.4, 0.5) is 10.5 Å². The van der Waals surface area contributed by atoms with Crippen LogP contribution in [0.2, 0.25) is 0 Å². The minimum absolute atomic E-state index is 0.214. The maximum absolute atomic E-state index is 13.4. The molecule has 2 saturated heterocycles. The summed E-state index contributed by atoms with van der Waals surface area (Å²) in [5.74, 6) is 0.659. The van der Waals surface area contributed by atoms with E-state index in [0.717, 1.165) is 4.90 Å². The Morgan fingerprint density at radius 1 is 0.844 bits per heavy atom. The summed E-state index contributed by atoms with van der Waals surface area (Å²) < 4.78 is 5.78. The molecule has 1 N–H and O–H groups in total. The Balaban J connectivity index is 1.37. The summed E-state index contributed by atoms with van der Waals surface area (Å²) in [5, 5.41) is 2.89. The van der Waals surface area contributed by atoms with Crippen molar-refractivity contribution in [2.45, 2.75) is 18.5 Å². The van der Waals surface area contributed by atoms with E-state index < -0.39 is 18.0 Å². The second kappa shape index (κ2) is 8.19. The van der Waals surface area contributed by atoms with Gasteiger partial charge < -0.3 is 15.0 Å². The van der Waals surface area contributed by atoms with E-state index in [0.29, 0.717) is 35.7 Å². The number of nitrogens with zero attached hydrogens (tertiary/aromatic N) is 2. The predicted octanol–water partition coefficient (Wildman–Crippen LogP) is 3.82. The number of anilines is 1. The van der Waals surface area contributed by atoms with E-state index >= 15 is 0 Å². The van der Waals surface area contributed by atoms with Gasteiger partial charge in [0.05, 0.1) is 11.7 Å². The molecule has 4 amide bonds. The molecule has 5 rings (SSSR count). The molecule has 160 valence electrons. The normalized spacial score (nSPS) is 20.0. The number of fused-ring (bicyclic) bond motifs is 1. The van der Waals surface area contributed by atoms with Gasteiger partial charge in [0.2, 0.25) is 0 Å². The molecule has 3 aromatic carbocycles. The summed E-state index contributed by atoms with van der Waals surface area (Å²) in [6.45, 7) is 0.409. The van der Waals surface area contributed by atoms with E-state index in [1.165, 1.54) is 0 Å². The number of ether oxygens (including phenoxy) is 1. The van der Waals surface area contributed by atoms with E-state index in [9.17, 15) is 14.4 Å². The molecule has 0 radical (unpaired) electrons. The van der Waals surface area contributed by atoms with Crippen molar-refractivity contribution in [2.24, 2.45) is 0 Å². The van der Waals surface area contributed by atoms with Crippen molar-refractivity contribution >= 4 is 23.5 Å². The number of hydrogen-bond acceptors (Lipinski definition) is 4. The smallest absolute Gasteiger partial charge is 0.329 e. The Kier molecular flexibility index (Phi) is 5.07. The zero-order valence-electron chi connectivity index (χ0n) is 17.2. The zero-order chi connectivity index (χ0) is 22.1. The molecular weight excluding hydrogens is 406 g/mol. The lowest BCUT2D eigenvalue weighted by Crippen LogP contribution is -2.65. The maximum Gasteiger partial charge on any atom is 0.329 e. The molecule has 0 spiro atoms. The molecule has 0 unspecified atom stereocenters. The number of carbonyl (C=O) groups is 3. The first-order chi connectivity index (χ1) is 15.6. The molecule has 2 aliphatic rings. The van der Waals surface area contributed by atoms with Gasteiger partial charge in [-0.05, 0) is 55.0 Å². The number of hydrogen-bond donors (Lipinski definition) is 1. The number of rotatable bonds is 4. The minimum Gasteiger partial charge on any atom is -0.457 e. The number of amides is 4. The molecule has 7 nitrogen and oxygen atoms in total. The molecule has 3 aromatic rings. The molecule has 2 aliphatic heterocycles. The number of nitrogens with one attached hydrogen (secondary N) is 1. The molecular formula is C25H21N3O4. The van der Waals surface area contributed by atoms with E-state index in [-0.39, 0.29) is 11.9 Å². The van der Waals surface area contributed by atoms with Crippen LogP contribution in [0.5, 0.6) is 11.5 Å². The quantitative estimate of drug-likeness (QED) is 0.687. The van der Waals surface area contributed by atoms with E-state index in [1.54, 1.807) is 53.4 Å². The highest BCUT2D eigenvalue weighted by Gasteiger charge is 2.50. The number of para-hydroxylation sites is 1. The standard InChI is InChI=1S/C25H21N3O4/c29-23(17-7-3-1-4-8-17)27-16-15-21-22(27)24(30)28(25(31)26-21)18-11-13-20(14-12-18)32-19-9-5-2-6-10-19/h1-14,21-22H,15-16H2,(H,26,31)/t21-,22-/m0/s1. The Morgan fingerprint density at radius 3 is 2.16 bits per heavy atom. The Hall–Kier alpha value is -4.13. The van der Waals surface area contributed by atoms with Gasteiger partial charge in [-0.1, -0.05) is 36.4 Å². The fourth-order valence-electron chi connectivity index (χ4n) is 4.21. The van der Waals surface area contributed by atoms with Crippen molar-refractivity contribution < 1.29 is 19.1 Å². The van der Waals surface area contributed by atoms with Crippen LogP contribution in [0.3, 0.4) is 0 Å². The van der Waals surface area contributed by atoms with Crippen molar-refractivity contribution in [3.8, 4) is 11.5 Å². The van der Waals surface area contributed by atoms with Crippen LogP contribution in [0, 0.1) is 0 Å². The Morgan fingerprint density at radius 2 is 1.47 bits per heavy atom. The first kappa shape index (κ1) is 19.8. The van der Waals surface area contributed by atoms with Gasteiger partial charge in [-0.2, -0.15) is 0 Å². The molecule has 7 heteroatoms. The fourth-order valence-corrected chi connectivity index (χ4v) is 4.21. The molecule has 0 aliphatic carbocycles. The number of carbonyl (C=O) groups excluding carboxylic acids is 3. The number of likely N-dealkylation sites (tertiary alicyclic amines) is 1. The number of urea groups is 1. The number of imide groups is 1. The summed E-state index contributed by atoms with van der Waals surface area (Å²) in [5.41, 5.74) is 0.942. The van der Waals surface area contributed by atoms with Gasteiger partial charge >= 0.3 is 6.03 Å². The predicted molar refractivity (Wildman–Crippen MR) is 119 cm³/mol. The Bertz CT molecular complexity index is 1150. The third-order valence-corrected chi connectivity index (χ3v) is 5.74. The molecule has 0 aromatic heterocycles. The van der Waals surface area contributed by atoms with Crippen LogP contribution in [0.1, 0.15) is 16.8 Å². The van der Waals surface area contributed by atoms with Gasteiger partial charge in [0.15, 0.2) is 0 Å². The highest BCUT2D eigenvalue weighted by molar-refractivity contribution is 6.19. The van der Waals surface area contributed by atoms with Crippen molar-refractivity contribution in [1.29, 1.82) is 0 Å².